The lowest BCUT2D eigenvalue weighted by Gasteiger charge is -2.11. The van der Waals surface area contributed by atoms with Crippen LogP contribution < -0.4 is 5.32 Å². The predicted octanol–water partition coefficient (Wildman–Crippen LogP) is 3.56. The van der Waals surface area contributed by atoms with Gasteiger partial charge in [0, 0.05) is 24.3 Å². The van der Waals surface area contributed by atoms with Gasteiger partial charge in [-0.3, -0.25) is 4.98 Å². The van der Waals surface area contributed by atoms with Gasteiger partial charge in [-0.05, 0) is 30.2 Å². The molecule has 1 N–H and O–H groups in total. The molecule has 1 aromatic heterocycles. The van der Waals surface area contributed by atoms with E-state index in [0.717, 1.165) is 12.2 Å². The summed E-state index contributed by atoms with van der Waals surface area (Å²) in [6, 6.07) is 13.1. The van der Waals surface area contributed by atoms with Crippen LogP contribution >= 0.6 is 0 Å². The van der Waals surface area contributed by atoms with Gasteiger partial charge in [-0.15, -0.1) is 0 Å². The highest BCUT2D eigenvalue weighted by Gasteiger charge is 2.04. The summed E-state index contributed by atoms with van der Waals surface area (Å²) in [6.45, 7) is 7.38. The average molecular weight is 240 g/mol. The molecule has 0 radical (unpaired) electrons. The molecule has 0 saturated carbocycles. The first-order valence-corrected chi connectivity index (χ1v) is 6.41. The Morgan fingerprint density at radius 1 is 1.17 bits per heavy atom. The number of rotatable bonds is 4. The van der Waals surface area contributed by atoms with Gasteiger partial charge in [0.25, 0.3) is 0 Å². The third-order valence-corrected chi connectivity index (χ3v) is 2.95. The number of pyridine rings is 1. The molecule has 0 atom stereocenters. The number of nitrogens with zero attached hydrogens (tertiary/aromatic N) is 1. The Bertz CT molecular complexity index is 504. The van der Waals surface area contributed by atoms with Crippen LogP contribution in [-0.2, 0) is 6.54 Å². The Morgan fingerprint density at radius 2 is 2.00 bits per heavy atom. The van der Waals surface area contributed by atoms with Gasteiger partial charge in [-0.2, -0.15) is 0 Å². The Balaban J connectivity index is 2.20. The van der Waals surface area contributed by atoms with E-state index in [0.29, 0.717) is 6.04 Å². The minimum absolute atomic E-state index is 0.515. The van der Waals surface area contributed by atoms with Crippen LogP contribution in [0.1, 0.15) is 25.0 Å². The van der Waals surface area contributed by atoms with Crippen molar-refractivity contribution in [3.8, 4) is 11.3 Å². The third-order valence-electron chi connectivity index (χ3n) is 2.95. The molecule has 0 aliphatic rings. The summed E-state index contributed by atoms with van der Waals surface area (Å²) in [6.07, 6.45) is 1.84. The largest absolute Gasteiger partial charge is 0.310 e. The molecule has 18 heavy (non-hydrogen) atoms. The van der Waals surface area contributed by atoms with Crippen LogP contribution in [0.25, 0.3) is 11.3 Å². The molecule has 2 nitrogen and oxygen atoms in total. The van der Waals surface area contributed by atoms with Crippen LogP contribution in [-0.4, -0.2) is 11.0 Å². The van der Waals surface area contributed by atoms with Crippen LogP contribution in [0, 0.1) is 6.92 Å². The maximum absolute atomic E-state index is 4.40. The maximum atomic E-state index is 4.40. The highest BCUT2D eigenvalue weighted by Crippen LogP contribution is 2.22. The van der Waals surface area contributed by atoms with Crippen LogP contribution in [0.15, 0.2) is 42.6 Å². The van der Waals surface area contributed by atoms with Gasteiger partial charge >= 0.3 is 0 Å². The smallest absolute Gasteiger partial charge is 0.0704 e. The molecule has 0 bridgehead atoms. The van der Waals surface area contributed by atoms with E-state index in [1.807, 2.05) is 24.4 Å². The van der Waals surface area contributed by atoms with Crippen LogP contribution in [0.5, 0.6) is 0 Å². The van der Waals surface area contributed by atoms with Crippen molar-refractivity contribution in [3.63, 3.8) is 0 Å². The normalized spacial score (nSPS) is 10.9. The van der Waals surface area contributed by atoms with E-state index >= 15 is 0 Å². The lowest BCUT2D eigenvalue weighted by atomic mass is 10.0. The zero-order chi connectivity index (χ0) is 13.0. The van der Waals surface area contributed by atoms with Gasteiger partial charge < -0.3 is 5.32 Å². The van der Waals surface area contributed by atoms with E-state index in [9.17, 15) is 0 Å². The minimum Gasteiger partial charge on any atom is -0.310 e. The summed E-state index contributed by atoms with van der Waals surface area (Å²) in [5, 5.41) is 3.43. The van der Waals surface area contributed by atoms with E-state index in [1.54, 1.807) is 0 Å². The number of hydrogen-bond donors (Lipinski definition) is 1. The molecule has 1 heterocycles. The monoisotopic (exact) mass is 240 g/mol. The molecular formula is C16H20N2. The first kappa shape index (κ1) is 12.8. The lowest BCUT2D eigenvalue weighted by Crippen LogP contribution is -2.21. The lowest BCUT2D eigenvalue weighted by molar-refractivity contribution is 0.589. The van der Waals surface area contributed by atoms with Crippen molar-refractivity contribution in [2.24, 2.45) is 0 Å². The van der Waals surface area contributed by atoms with Crippen molar-refractivity contribution in [1.29, 1.82) is 0 Å². The minimum atomic E-state index is 0.515. The third kappa shape index (κ3) is 3.17. The second-order valence-corrected chi connectivity index (χ2v) is 4.90. The second kappa shape index (κ2) is 5.78. The summed E-state index contributed by atoms with van der Waals surface area (Å²) < 4.78 is 0. The molecule has 0 aliphatic heterocycles. The van der Waals surface area contributed by atoms with Crippen molar-refractivity contribution < 1.29 is 0 Å². The van der Waals surface area contributed by atoms with Gasteiger partial charge in [0.15, 0.2) is 0 Å². The molecule has 0 unspecified atom stereocenters. The summed E-state index contributed by atoms with van der Waals surface area (Å²) in [5.74, 6) is 0. The molecular weight excluding hydrogens is 220 g/mol. The molecule has 94 valence electrons. The molecule has 1 aromatic carbocycles. The second-order valence-electron chi connectivity index (χ2n) is 4.90. The SMILES string of the molecule is Cc1cc(CNC(C)C)ccc1-c1ccccn1. The van der Waals surface area contributed by atoms with Gasteiger partial charge in [-0.1, -0.05) is 38.1 Å². The van der Waals surface area contributed by atoms with Gasteiger partial charge in [0.05, 0.1) is 5.69 Å². The van der Waals surface area contributed by atoms with Crippen LogP contribution in [0.3, 0.4) is 0 Å². The van der Waals surface area contributed by atoms with Crippen molar-refractivity contribution in [2.75, 3.05) is 0 Å². The summed E-state index contributed by atoms with van der Waals surface area (Å²) in [5.41, 5.74) is 4.85. The molecule has 0 spiro atoms. The summed E-state index contributed by atoms with van der Waals surface area (Å²) in [7, 11) is 0. The first-order valence-electron chi connectivity index (χ1n) is 6.41. The molecule has 2 aromatic rings. The number of nitrogens with one attached hydrogen (secondary N) is 1. The van der Waals surface area contributed by atoms with Crippen LogP contribution in [0.2, 0.25) is 0 Å². The highest BCUT2D eigenvalue weighted by atomic mass is 14.9. The Morgan fingerprint density at radius 3 is 2.61 bits per heavy atom. The molecule has 0 aliphatic carbocycles. The van der Waals surface area contributed by atoms with Gasteiger partial charge in [0.2, 0.25) is 0 Å². The predicted molar refractivity (Wildman–Crippen MR) is 76.4 cm³/mol. The van der Waals surface area contributed by atoms with Crippen LogP contribution in [0.4, 0.5) is 0 Å². The van der Waals surface area contributed by atoms with Crippen molar-refractivity contribution in [1.82, 2.24) is 10.3 Å². The zero-order valence-corrected chi connectivity index (χ0v) is 11.3. The number of benzene rings is 1. The summed E-state index contributed by atoms with van der Waals surface area (Å²) >= 11 is 0. The first-order chi connectivity index (χ1) is 8.66. The summed E-state index contributed by atoms with van der Waals surface area (Å²) in [4.78, 5) is 4.40. The van der Waals surface area contributed by atoms with E-state index < -0.39 is 0 Å². The van der Waals surface area contributed by atoms with Crippen molar-refractivity contribution >= 4 is 0 Å². The average Bonchev–Trinajstić information content (AvgIpc) is 2.37. The quantitative estimate of drug-likeness (QED) is 0.884. The van der Waals surface area contributed by atoms with Crippen molar-refractivity contribution in [2.45, 2.75) is 33.4 Å². The fourth-order valence-electron chi connectivity index (χ4n) is 1.97. The van der Waals surface area contributed by atoms with Gasteiger partial charge in [-0.25, -0.2) is 0 Å². The number of aromatic nitrogens is 1. The fourth-order valence-corrected chi connectivity index (χ4v) is 1.97. The topological polar surface area (TPSA) is 24.9 Å². The van der Waals surface area contributed by atoms with Gasteiger partial charge in [0.1, 0.15) is 0 Å². The highest BCUT2D eigenvalue weighted by molar-refractivity contribution is 5.63. The molecule has 2 rings (SSSR count). The fraction of sp³-hybridized carbons (Fsp3) is 0.312. The zero-order valence-electron chi connectivity index (χ0n) is 11.3. The Kier molecular flexibility index (Phi) is 4.11. The molecule has 0 fully saturated rings. The standard InChI is InChI=1S/C16H20N2/c1-12(2)18-11-14-7-8-15(13(3)10-14)16-6-4-5-9-17-16/h4-10,12,18H,11H2,1-3H3. The maximum Gasteiger partial charge on any atom is 0.0704 e. The molecule has 0 saturated heterocycles. The number of aryl methyl sites for hydroxylation is 1. The molecule has 2 heteroatoms. The van der Waals surface area contributed by atoms with E-state index in [-0.39, 0.29) is 0 Å². The van der Waals surface area contributed by atoms with E-state index in [4.69, 9.17) is 0 Å². The Labute approximate surface area is 109 Å². The van der Waals surface area contributed by atoms with E-state index in [1.165, 1.54) is 16.7 Å². The van der Waals surface area contributed by atoms with E-state index in [2.05, 4.69) is 49.3 Å². The Hall–Kier alpha value is -1.67. The number of hydrogen-bond acceptors (Lipinski definition) is 2. The molecule has 0 amide bonds. The van der Waals surface area contributed by atoms with Crippen molar-refractivity contribution in [3.05, 3.63) is 53.7 Å².